The average Bonchev–Trinajstić information content (AvgIpc) is 2.55. The largest absolute Gasteiger partial charge is 0.464 e. The maximum absolute atomic E-state index is 12.4. The van der Waals surface area contributed by atoms with E-state index < -0.39 is 6.04 Å². The highest BCUT2D eigenvalue weighted by Crippen LogP contribution is 2.32. The molecule has 0 aliphatic carbocycles. The van der Waals surface area contributed by atoms with Crippen molar-refractivity contribution in [2.45, 2.75) is 51.8 Å². The minimum absolute atomic E-state index is 0.0444. The van der Waals surface area contributed by atoms with E-state index in [4.69, 9.17) is 21.1 Å². The fourth-order valence-corrected chi connectivity index (χ4v) is 3.24. The highest BCUT2D eigenvalue weighted by Gasteiger charge is 2.41. The van der Waals surface area contributed by atoms with Gasteiger partial charge >= 0.3 is 5.97 Å². The molecule has 0 unspecified atom stereocenters. The van der Waals surface area contributed by atoms with E-state index in [1.807, 2.05) is 26.0 Å². The van der Waals surface area contributed by atoms with Crippen molar-refractivity contribution in [3.8, 4) is 0 Å². The molecular weight excluding hydrogens is 330 g/mol. The lowest BCUT2D eigenvalue weighted by Crippen LogP contribution is -2.56. The van der Waals surface area contributed by atoms with Crippen LogP contribution in [-0.4, -0.2) is 42.1 Å². The second kappa shape index (κ2) is 8.49. The molecule has 1 saturated heterocycles. The Kier molecular flexibility index (Phi) is 6.63. The maximum Gasteiger partial charge on any atom is 0.328 e. The molecular formula is C18H24ClNO4. The van der Waals surface area contributed by atoms with Crippen LogP contribution in [0.4, 0.5) is 0 Å². The number of halogens is 1. The first-order chi connectivity index (χ1) is 11.5. The summed E-state index contributed by atoms with van der Waals surface area (Å²) >= 11 is 5.94. The van der Waals surface area contributed by atoms with Gasteiger partial charge in [0.2, 0.25) is 5.91 Å². The lowest BCUT2D eigenvalue weighted by atomic mass is 9.97. The van der Waals surface area contributed by atoms with Gasteiger partial charge in [0.1, 0.15) is 18.8 Å². The summed E-state index contributed by atoms with van der Waals surface area (Å²) in [5.74, 6) is -0.532. The van der Waals surface area contributed by atoms with Crippen LogP contribution in [0, 0.1) is 0 Å². The molecule has 0 N–H and O–H groups in total. The Bertz CT molecular complexity index is 575. The number of hydrogen-bond donors (Lipinski definition) is 0. The Hall–Kier alpha value is -1.59. The van der Waals surface area contributed by atoms with Crippen LogP contribution in [0.1, 0.15) is 45.3 Å². The number of morpholine rings is 1. The number of hydrogen-bond acceptors (Lipinski definition) is 4. The Morgan fingerprint density at radius 2 is 2.04 bits per heavy atom. The quantitative estimate of drug-likeness (QED) is 0.736. The number of nitrogens with zero attached hydrogens (tertiary/aromatic N) is 1. The third-order valence-electron chi connectivity index (χ3n) is 4.21. The Morgan fingerprint density at radius 1 is 1.38 bits per heavy atom. The summed E-state index contributed by atoms with van der Waals surface area (Å²) in [4.78, 5) is 26.4. The van der Waals surface area contributed by atoms with Crippen LogP contribution in [0.3, 0.4) is 0 Å². The van der Waals surface area contributed by atoms with E-state index in [1.165, 1.54) is 0 Å². The highest BCUT2D eigenvalue weighted by molar-refractivity contribution is 6.30. The first kappa shape index (κ1) is 18.7. The molecule has 1 aromatic rings. The number of esters is 1. The zero-order valence-corrected chi connectivity index (χ0v) is 15.1. The smallest absolute Gasteiger partial charge is 0.328 e. The van der Waals surface area contributed by atoms with Gasteiger partial charge < -0.3 is 14.4 Å². The molecule has 1 aromatic carbocycles. The first-order valence-corrected chi connectivity index (χ1v) is 8.72. The van der Waals surface area contributed by atoms with Crippen LogP contribution in [0.5, 0.6) is 0 Å². The fraction of sp³-hybridized carbons (Fsp3) is 0.556. The van der Waals surface area contributed by atoms with Crippen molar-refractivity contribution in [2.75, 3.05) is 13.2 Å². The molecule has 1 amide bonds. The zero-order chi connectivity index (χ0) is 17.7. The van der Waals surface area contributed by atoms with Crippen molar-refractivity contribution >= 4 is 23.5 Å². The Morgan fingerprint density at radius 3 is 2.62 bits per heavy atom. The number of amides is 1. The molecule has 2 rings (SSSR count). The molecule has 1 heterocycles. The molecule has 3 atom stereocenters. The molecule has 5 nitrogen and oxygen atoms in total. The second-order valence-corrected chi connectivity index (χ2v) is 6.32. The summed E-state index contributed by atoms with van der Waals surface area (Å²) in [5, 5.41) is 0.644. The maximum atomic E-state index is 12.4. The van der Waals surface area contributed by atoms with Gasteiger partial charge in [-0.15, -0.1) is 0 Å². The molecule has 1 aliphatic heterocycles. The van der Waals surface area contributed by atoms with Gasteiger partial charge in [-0.3, -0.25) is 4.79 Å². The minimum atomic E-state index is -0.573. The zero-order valence-electron chi connectivity index (χ0n) is 14.3. The van der Waals surface area contributed by atoms with E-state index in [1.54, 1.807) is 24.0 Å². The van der Waals surface area contributed by atoms with Crippen LogP contribution >= 0.6 is 11.6 Å². The van der Waals surface area contributed by atoms with E-state index in [0.717, 1.165) is 12.0 Å². The van der Waals surface area contributed by atoms with E-state index in [-0.39, 0.29) is 30.6 Å². The van der Waals surface area contributed by atoms with Crippen molar-refractivity contribution < 1.29 is 19.1 Å². The van der Waals surface area contributed by atoms with Crippen molar-refractivity contribution in [1.29, 1.82) is 0 Å². The molecule has 6 heteroatoms. The van der Waals surface area contributed by atoms with Crippen LogP contribution < -0.4 is 0 Å². The van der Waals surface area contributed by atoms with Gasteiger partial charge in [0.05, 0.1) is 12.6 Å². The number of ether oxygens (including phenoxy) is 2. The lowest BCUT2D eigenvalue weighted by molar-refractivity contribution is -0.172. The van der Waals surface area contributed by atoms with Crippen molar-refractivity contribution in [3.63, 3.8) is 0 Å². The van der Waals surface area contributed by atoms with Crippen LogP contribution in [-0.2, 0) is 19.1 Å². The van der Waals surface area contributed by atoms with Crippen molar-refractivity contribution in [2.24, 2.45) is 0 Å². The monoisotopic (exact) mass is 353 g/mol. The van der Waals surface area contributed by atoms with Gasteiger partial charge in [0.15, 0.2) is 0 Å². The van der Waals surface area contributed by atoms with E-state index in [2.05, 4.69) is 0 Å². The molecule has 0 spiro atoms. The van der Waals surface area contributed by atoms with Crippen LogP contribution in [0.25, 0.3) is 0 Å². The standard InChI is InChI=1S/C18H24ClNO4/c1-4-6-15(18(22)23-5-2)20-12(3)17(24-11-16(20)21)13-7-9-14(19)10-8-13/h7-10,12,15,17H,4-6,11H2,1-3H3/t12-,15-,17-/m0/s1. The number of carbonyl (C=O) groups is 2. The van der Waals surface area contributed by atoms with E-state index in [9.17, 15) is 9.59 Å². The van der Waals surface area contributed by atoms with Crippen molar-refractivity contribution in [3.05, 3.63) is 34.9 Å². The summed E-state index contributed by atoms with van der Waals surface area (Å²) in [7, 11) is 0. The summed E-state index contributed by atoms with van der Waals surface area (Å²) < 4.78 is 10.9. The Labute approximate surface area is 147 Å². The third kappa shape index (κ3) is 4.08. The topological polar surface area (TPSA) is 55.8 Å². The third-order valence-corrected chi connectivity index (χ3v) is 4.46. The summed E-state index contributed by atoms with van der Waals surface area (Å²) in [5.41, 5.74) is 0.934. The Balaban J connectivity index is 2.27. The molecule has 24 heavy (non-hydrogen) atoms. The molecule has 0 aromatic heterocycles. The predicted octanol–water partition coefficient (Wildman–Crippen LogP) is 3.36. The molecule has 0 saturated carbocycles. The number of benzene rings is 1. The van der Waals surface area contributed by atoms with Gasteiger partial charge in [0, 0.05) is 5.02 Å². The van der Waals surface area contributed by atoms with Crippen molar-refractivity contribution in [1.82, 2.24) is 4.90 Å². The summed E-state index contributed by atoms with van der Waals surface area (Å²) in [6.45, 7) is 5.91. The van der Waals surface area contributed by atoms with Crippen LogP contribution in [0.2, 0.25) is 5.02 Å². The summed E-state index contributed by atoms with van der Waals surface area (Å²) in [6.07, 6.45) is 1.06. The van der Waals surface area contributed by atoms with E-state index in [0.29, 0.717) is 18.1 Å². The number of carbonyl (C=O) groups excluding carboxylic acids is 2. The molecule has 1 aliphatic rings. The second-order valence-electron chi connectivity index (χ2n) is 5.88. The SMILES string of the molecule is CCC[C@@H](C(=O)OCC)N1C(=O)CO[C@H](c2ccc(Cl)cc2)[C@@H]1C. The van der Waals surface area contributed by atoms with Crippen LogP contribution in [0.15, 0.2) is 24.3 Å². The minimum Gasteiger partial charge on any atom is -0.464 e. The van der Waals surface area contributed by atoms with Gasteiger partial charge in [-0.1, -0.05) is 37.1 Å². The van der Waals surface area contributed by atoms with E-state index >= 15 is 0 Å². The molecule has 0 bridgehead atoms. The average molecular weight is 354 g/mol. The van der Waals surface area contributed by atoms with Gasteiger partial charge in [-0.2, -0.15) is 0 Å². The molecule has 1 fully saturated rings. The normalized spacial score (nSPS) is 22.3. The summed E-state index contributed by atoms with van der Waals surface area (Å²) in [6, 6.07) is 6.52. The fourth-order valence-electron chi connectivity index (χ4n) is 3.12. The molecule has 0 radical (unpaired) electrons. The highest BCUT2D eigenvalue weighted by atomic mass is 35.5. The van der Waals surface area contributed by atoms with Gasteiger partial charge in [0.25, 0.3) is 0 Å². The van der Waals surface area contributed by atoms with Gasteiger partial charge in [-0.25, -0.2) is 4.79 Å². The first-order valence-electron chi connectivity index (χ1n) is 8.34. The number of rotatable bonds is 6. The van der Waals surface area contributed by atoms with Gasteiger partial charge in [-0.05, 0) is 38.0 Å². The predicted molar refractivity (Wildman–Crippen MR) is 91.8 cm³/mol. The molecule has 132 valence electrons. The lowest BCUT2D eigenvalue weighted by Gasteiger charge is -2.42.